The summed E-state index contributed by atoms with van der Waals surface area (Å²) in [6, 6.07) is 18.2. The van der Waals surface area contributed by atoms with Gasteiger partial charge < -0.3 is 9.30 Å². The lowest BCUT2D eigenvalue weighted by Gasteiger charge is -2.04. The zero-order chi connectivity index (χ0) is 14.7. The molecule has 1 heterocycles. The minimum atomic E-state index is -0.187. The highest BCUT2D eigenvalue weighted by molar-refractivity contribution is 5.89. The van der Waals surface area contributed by atoms with Crippen LogP contribution in [-0.4, -0.2) is 17.1 Å². The first kappa shape index (κ1) is 13.4. The molecule has 21 heavy (non-hydrogen) atoms. The average molecular weight is 279 g/mol. The molecular weight excluding hydrogens is 262 g/mol. The molecule has 106 valence electrons. The van der Waals surface area contributed by atoms with E-state index in [9.17, 15) is 4.79 Å². The molecule has 0 bridgehead atoms. The number of rotatable bonds is 4. The number of aromatic nitrogens is 1. The third kappa shape index (κ3) is 2.68. The van der Waals surface area contributed by atoms with Crippen LogP contribution in [0.1, 0.15) is 12.5 Å². The van der Waals surface area contributed by atoms with Gasteiger partial charge in [0.05, 0.1) is 18.5 Å². The smallest absolute Gasteiger partial charge is 0.310 e. The van der Waals surface area contributed by atoms with Crippen LogP contribution in [0.25, 0.3) is 16.6 Å². The van der Waals surface area contributed by atoms with E-state index in [1.165, 1.54) is 0 Å². The molecule has 0 fully saturated rings. The van der Waals surface area contributed by atoms with Crippen LogP contribution in [0.3, 0.4) is 0 Å². The fourth-order valence-corrected chi connectivity index (χ4v) is 2.56. The highest BCUT2D eigenvalue weighted by Crippen LogP contribution is 2.25. The minimum Gasteiger partial charge on any atom is -0.466 e. The summed E-state index contributed by atoms with van der Waals surface area (Å²) < 4.78 is 7.18. The van der Waals surface area contributed by atoms with Gasteiger partial charge in [-0.25, -0.2) is 0 Å². The summed E-state index contributed by atoms with van der Waals surface area (Å²) in [4.78, 5) is 11.8. The number of esters is 1. The Hall–Kier alpha value is -2.55. The van der Waals surface area contributed by atoms with Crippen LogP contribution < -0.4 is 0 Å². The summed E-state index contributed by atoms with van der Waals surface area (Å²) in [6.45, 7) is 2.24. The number of carbonyl (C=O) groups is 1. The van der Waals surface area contributed by atoms with Gasteiger partial charge in [-0.05, 0) is 30.7 Å². The van der Waals surface area contributed by atoms with Gasteiger partial charge in [-0.1, -0.05) is 36.4 Å². The third-order valence-corrected chi connectivity index (χ3v) is 3.47. The van der Waals surface area contributed by atoms with Gasteiger partial charge in [-0.2, -0.15) is 0 Å². The molecule has 3 nitrogen and oxygen atoms in total. The maximum absolute atomic E-state index is 11.8. The van der Waals surface area contributed by atoms with Gasteiger partial charge in [0.15, 0.2) is 0 Å². The van der Waals surface area contributed by atoms with Gasteiger partial charge in [-0.3, -0.25) is 4.79 Å². The number of hydrogen-bond donors (Lipinski definition) is 0. The van der Waals surface area contributed by atoms with Crippen LogP contribution in [0, 0.1) is 0 Å². The van der Waals surface area contributed by atoms with Gasteiger partial charge in [0, 0.05) is 17.3 Å². The molecule has 0 amide bonds. The highest BCUT2D eigenvalue weighted by Gasteiger charge is 2.12. The molecule has 0 spiro atoms. The molecule has 0 saturated carbocycles. The van der Waals surface area contributed by atoms with E-state index in [0.717, 1.165) is 22.2 Å². The third-order valence-electron chi connectivity index (χ3n) is 3.47. The topological polar surface area (TPSA) is 31.2 Å². The number of hydrogen-bond acceptors (Lipinski definition) is 2. The molecule has 0 aliphatic carbocycles. The monoisotopic (exact) mass is 279 g/mol. The van der Waals surface area contributed by atoms with Gasteiger partial charge in [-0.15, -0.1) is 0 Å². The maximum Gasteiger partial charge on any atom is 0.310 e. The Morgan fingerprint density at radius 2 is 1.76 bits per heavy atom. The second-order valence-corrected chi connectivity index (χ2v) is 4.86. The minimum absolute atomic E-state index is 0.187. The van der Waals surface area contributed by atoms with E-state index in [1.807, 2.05) is 49.5 Å². The molecule has 0 aliphatic rings. The maximum atomic E-state index is 11.8. The van der Waals surface area contributed by atoms with Gasteiger partial charge in [0.2, 0.25) is 0 Å². The van der Waals surface area contributed by atoms with Crippen LogP contribution >= 0.6 is 0 Å². The standard InChI is InChI=1S/C18H17NO2/c1-2-21-18(20)12-14-13-19(15-8-4-3-5-9-15)17-11-7-6-10-16(14)17/h3-11,13H,2,12H2,1H3. The summed E-state index contributed by atoms with van der Waals surface area (Å²) in [6.07, 6.45) is 2.32. The van der Waals surface area contributed by atoms with E-state index in [4.69, 9.17) is 4.74 Å². The summed E-state index contributed by atoms with van der Waals surface area (Å²) >= 11 is 0. The molecule has 0 unspecified atom stereocenters. The lowest BCUT2D eigenvalue weighted by Crippen LogP contribution is -2.07. The zero-order valence-electron chi connectivity index (χ0n) is 12.0. The first-order valence-electron chi connectivity index (χ1n) is 7.09. The number of fused-ring (bicyclic) bond motifs is 1. The number of para-hydroxylation sites is 2. The molecule has 0 N–H and O–H groups in total. The fraction of sp³-hybridized carbons (Fsp3) is 0.167. The highest BCUT2D eigenvalue weighted by atomic mass is 16.5. The van der Waals surface area contributed by atoms with Crippen molar-refractivity contribution in [3.05, 3.63) is 66.4 Å². The summed E-state index contributed by atoms with van der Waals surface area (Å²) in [5.74, 6) is -0.187. The molecule has 0 radical (unpaired) electrons. The molecular formula is C18H17NO2. The van der Waals surface area contributed by atoms with Crippen LogP contribution in [0.5, 0.6) is 0 Å². The van der Waals surface area contributed by atoms with E-state index in [-0.39, 0.29) is 5.97 Å². The predicted molar refractivity (Wildman–Crippen MR) is 83.6 cm³/mol. The van der Waals surface area contributed by atoms with Crippen molar-refractivity contribution < 1.29 is 9.53 Å². The molecule has 2 aromatic carbocycles. The van der Waals surface area contributed by atoms with Crippen molar-refractivity contribution in [2.75, 3.05) is 6.61 Å². The van der Waals surface area contributed by atoms with E-state index in [2.05, 4.69) is 22.8 Å². The quantitative estimate of drug-likeness (QED) is 0.681. The Kier molecular flexibility index (Phi) is 3.73. The summed E-state index contributed by atoms with van der Waals surface area (Å²) in [5, 5.41) is 1.09. The number of nitrogens with zero attached hydrogens (tertiary/aromatic N) is 1. The van der Waals surface area contributed by atoms with E-state index >= 15 is 0 Å². The van der Waals surface area contributed by atoms with Crippen molar-refractivity contribution in [1.29, 1.82) is 0 Å². The van der Waals surface area contributed by atoms with Gasteiger partial charge >= 0.3 is 5.97 Å². The van der Waals surface area contributed by atoms with Crippen LogP contribution in [0.15, 0.2) is 60.8 Å². The second kappa shape index (κ2) is 5.83. The Morgan fingerprint density at radius 3 is 2.52 bits per heavy atom. The van der Waals surface area contributed by atoms with Crippen molar-refractivity contribution in [2.45, 2.75) is 13.3 Å². The molecule has 0 aliphatic heterocycles. The predicted octanol–water partition coefficient (Wildman–Crippen LogP) is 3.74. The Bertz CT molecular complexity index is 759. The average Bonchev–Trinajstić information content (AvgIpc) is 2.87. The molecule has 3 rings (SSSR count). The molecule has 1 aromatic heterocycles. The molecule has 0 atom stereocenters. The largest absolute Gasteiger partial charge is 0.466 e. The molecule has 3 aromatic rings. The van der Waals surface area contributed by atoms with Crippen molar-refractivity contribution in [2.24, 2.45) is 0 Å². The summed E-state index contributed by atoms with van der Waals surface area (Å²) in [5.41, 5.74) is 3.18. The van der Waals surface area contributed by atoms with Crippen LogP contribution in [-0.2, 0) is 16.0 Å². The lowest BCUT2D eigenvalue weighted by atomic mass is 10.1. The SMILES string of the molecule is CCOC(=O)Cc1cn(-c2ccccc2)c2ccccc12. The normalized spacial score (nSPS) is 10.7. The van der Waals surface area contributed by atoms with Crippen molar-refractivity contribution >= 4 is 16.9 Å². The zero-order valence-corrected chi connectivity index (χ0v) is 12.0. The summed E-state index contributed by atoms with van der Waals surface area (Å²) in [7, 11) is 0. The van der Waals surface area contributed by atoms with Crippen molar-refractivity contribution in [3.63, 3.8) is 0 Å². The van der Waals surface area contributed by atoms with E-state index < -0.39 is 0 Å². The first-order chi connectivity index (χ1) is 10.3. The van der Waals surface area contributed by atoms with E-state index in [1.54, 1.807) is 0 Å². The number of carbonyl (C=O) groups excluding carboxylic acids is 1. The van der Waals surface area contributed by atoms with Gasteiger partial charge in [0.25, 0.3) is 0 Å². The van der Waals surface area contributed by atoms with Crippen LogP contribution in [0.2, 0.25) is 0 Å². The molecule has 0 saturated heterocycles. The van der Waals surface area contributed by atoms with Crippen LogP contribution in [0.4, 0.5) is 0 Å². The second-order valence-electron chi connectivity index (χ2n) is 4.86. The van der Waals surface area contributed by atoms with Gasteiger partial charge in [0.1, 0.15) is 0 Å². The Balaban J connectivity index is 2.08. The Labute approximate surface area is 123 Å². The number of ether oxygens (including phenoxy) is 1. The Morgan fingerprint density at radius 1 is 1.05 bits per heavy atom. The molecule has 3 heteroatoms. The van der Waals surface area contributed by atoms with Crippen molar-refractivity contribution in [3.8, 4) is 5.69 Å². The fourth-order valence-electron chi connectivity index (χ4n) is 2.56. The number of benzene rings is 2. The lowest BCUT2D eigenvalue weighted by molar-refractivity contribution is -0.142. The first-order valence-corrected chi connectivity index (χ1v) is 7.09. The van der Waals surface area contributed by atoms with Crippen molar-refractivity contribution in [1.82, 2.24) is 4.57 Å². The van der Waals surface area contributed by atoms with E-state index in [0.29, 0.717) is 13.0 Å².